The fourth-order valence-corrected chi connectivity index (χ4v) is 5.05. The van der Waals surface area contributed by atoms with Crippen molar-refractivity contribution in [3.8, 4) is 0 Å². The van der Waals surface area contributed by atoms with Crippen LogP contribution in [0.3, 0.4) is 0 Å². The minimum atomic E-state index is -0.383. The summed E-state index contributed by atoms with van der Waals surface area (Å²) in [6.45, 7) is 2.88. The molecule has 1 fully saturated rings. The van der Waals surface area contributed by atoms with Crippen LogP contribution in [0, 0.1) is 0 Å². The van der Waals surface area contributed by atoms with E-state index >= 15 is 0 Å². The molecule has 0 atom stereocenters. The van der Waals surface area contributed by atoms with Gasteiger partial charge in [-0.15, -0.1) is 0 Å². The fraction of sp³-hybridized carbons (Fsp3) is 0.250. The van der Waals surface area contributed by atoms with Gasteiger partial charge in [-0.25, -0.2) is 0 Å². The lowest BCUT2D eigenvalue weighted by Gasteiger charge is -2.32. The largest absolute Gasteiger partial charge is 0.332 e. The van der Waals surface area contributed by atoms with Crippen molar-refractivity contribution in [3.63, 3.8) is 0 Å². The SMILES string of the molecule is NCCP1N(c2ccccc2)CCN1c1ccccc1. The van der Waals surface area contributed by atoms with Crippen LogP contribution in [0.1, 0.15) is 0 Å². The first-order chi connectivity index (χ1) is 9.90. The molecule has 3 nitrogen and oxygen atoms in total. The normalized spacial score (nSPS) is 15.8. The number of nitrogens with zero attached hydrogens (tertiary/aromatic N) is 2. The molecule has 0 aliphatic carbocycles. The molecule has 0 bridgehead atoms. The van der Waals surface area contributed by atoms with Gasteiger partial charge in [-0.2, -0.15) is 0 Å². The molecule has 104 valence electrons. The third-order valence-corrected chi connectivity index (χ3v) is 6.15. The van der Waals surface area contributed by atoms with Crippen molar-refractivity contribution in [2.45, 2.75) is 0 Å². The monoisotopic (exact) mass is 285 g/mol. The predicted molar refractivity (Wildman–Crippen MR) is 88.4 cm³/mol. The third kappa shape index (κ3) is 2.65. The van der Waals surface area contributed by atoms with Crippen molar-refractivity contribution in [3.05, 3.63) is 60.7 Å². The second-order valence-electron chi connectivity index (χ2n) is 4.80. The van der Waals surface area contributed by atoms with Crippen molar-refractivity contribution in [1.82, 2.24) is 0 Å². The van der Waals surface area contributed by atoms with Crippen LogP contribution in [0.5, 0.6) is 0 Å². The Bertz CT molecular complexity index is 484. The Hall–Kier alpha value is -1.57. The number of benzene rings is 2. The molecule has 20 heavy (non-hydrogen) atoms. The average molecular weight is 285 g/mol. The van der Waals surface area contributed by atoms with Gasteiger partial charge in [-0.1, -0.05) is 36.4 Å². The van der Waals surface area contributed by atoms with Crippen LogP contribution in [-0.4, -0.2) is 25.8 Å². The lowest BCUT2D eigenvalue weighted by atomic mass is 10.3. The van der Waals surface area contributed by atoms with Crippen molar-refractivity contribution >= 4 is 19.6 Å². The van der Waals surface area contributed by atoms with Crippen LogP contribution in [0.25, 0.3) is 0 Å². The summed E-state index contributed by atoms with van der Waals surface area (Å²) in [4.78, 5) is 0. The smallest absolute Gasteiger partial charge is 0.0965 e. The summed E-state index contributed by atoms with van der Waals surface area (Å²) in [5.41, 5.74) is 8.47. The predicted octanol–water partition coefficient (Wildman–Crippen LogP) is 3.28. The van der Waals surface area contributed by atoms with E-state index in [4.69, 9.17) is 5.73 Å². The lowest BCUT2D eigenvalue weighted by molar-refractivity contribution is 1.02. The molecular weight excluding hydrogens is 265 g/mol. The van der Waals surface area contributed by atoms with Gasteiger partial charge in [0.1, 0.15) is 0 Å². The van der Waals surface area contributed by atoms with Crippen LogP contribution < -0.4 is 15.1 Å². The maximum atomic E-state index is 5.85. The van der Waals surface area contributed by atoms with E-state index in [2.05, 4.69) is 70.0 Å². The first-order valence-electron chi connectivity index (χ1n) is 7.03. The van der Waals surface area contributed by atoms with Gasteiger partial charge in [0.25, 0.3) is 0 Å². The summed E-state index contributed by atoms with van der Waals surface area (Å²) in [6.07, 6.45) is 1.04. The summed E-state index contributed by atoms with van der Waals surface area (Å²) in [5.74, 6) is 0. The number of para-hydroxylation sites is 2. The fourth-order valence-electron chi connectivity index (χ4n) is 2.63. The molecule has 2 aromatic carbocycles. The number of nitrogens with two attached hydrogens (primary N) is 1. The first kappa shape index (κ1) is 13.4. The van der Waals surface area contributed by atoms with Gasteiger partial charge < -0.3 is 15.1 Å². The summed E-state index contributed by atoms with van der Waals surface area (Å²) in [6, 6.07) is 21.3. The van der Waals surface area contributed by atoms with Crippen molar-refractivity contribution in [1.29, 1.82) is 0 Å². The van der Waals surface area contributed by atoms with Crippen molar-refractivity contribution in [2.75, 3.05) is 35.1 Å². The molecule has 2 N–H and O–H groups in total. The van der Waals surface area contributed by atoms with E-state index in [0.717, 1.165) is 25.8 Å². The molecule has 0 unspecified atom stereocenters. The molecule has 4 heteroatoms. The molecule has 2 aromatic rings. The standard InChI is InChI=1S/C16H20N3P/c17-11-14-20-18(15-7-3-1-4-8-15)12-13-19(20)16-9-5-2-6-10-16/h1-10H,11-14,17H2. The molecule has 0 spiro atoms. The zero-order valence-electron chi connectivity index (χ0n) is 11.5. The maximum Gasteiger partial charge on any atom is 0.0965 e. The zero-order chi connectivity index (χ0) is 13.8. The molecule has 1 heterocycles. The minimum absolute atomic E-state index is 0.383. The van der Waals surface area contributed by atoms with Crippen LogP contribution >= 0.6 is 8.22 Å². The molecule has 1 aliphatic heterocycles. The van der Waals surface area contributed by atoms with Crippen LogP contribution in [0.2, 0.25) is 0 Å². The van der Waals surface area contributed by atoms with Gasteiger partial charge in [0.2, 0.25) is 0 Å². The first-order valence-corrected chi connectivity index (χ1v) is 8.46. The van der Waals surface area contributed by atoms with Gasteiger partial charge in [0.15, 0.2) is 0 Å². The molecule has 1 saturated heterocycles. The topological polar surface area (TPSA) is 32.5 Å². The number of rotatable bonds is 4. The highest BCUT2D eigenvalue weighted by Gasteiger charge is 2.31. The van der Waals surface area contributed by atoms with E-state index in [1.54, 1.807) is 0 Å². The van der Waals surface area contributed by atoms with E-state index in [9.17, 15) is 0 Å². The van der Waals surface area contributed by atoms with E-state index in [-0.39, 0.29) is 8.22 Å². The summed E-state index contributed by atoms with van der Waals surface area (Å²) < 4.78 is 5.05. The molecule has 0 amide bonds. The Morgan fingerprint density at radius 2 is 1.25 bits per heavy atom. The van der Waals surface area contributed by atoms with Crippen molar-refractivity contribution < 1.29 is 0 Å². The van der Waals surface area contributed by atoms with Gasteiger partial charge in [-0.3, -0.25) is 0 Å². The zero-order valence-corrected chi connectivity index (χ0v) is 12.4. The summed E-state index contributed by atoms with van der Waals surface area (Å²) in [5, 5.41) is 0. The van der Waals surface area contributed by atoms with E-state index < -0.39 is 0 Å². The second-order valence-corrected chi connectivity index (χ2v) is 6.96. The second kappa shape index (κ2) is 6.25. The van der Waals surface area contributed by atoms with E-state index in [1.165, 1.54) is 11.4 Å². The minimum Gasteiger partial charge on any atom is -0.332 e. The van der Waals surface area contributed by atoms with Gasteiger partial charge in [-0.05, 0) is 30.8 Å². The Morgan fingerprint density at radius 3 is 1.65 bits per heavy atom. The van der Waals surface area contributed by atoms with Gasteiger partial charge in [0, 0.05) is 30.6 Å². The lowest BCUT2D eigenvalue weighted by Crippen LogP contribution is -2.20. The van der Waals surface area contributed by atoms with Crippen LogP contribution in [0.15, 0.2) is 60.7 Å². The highest BCUT2D eigenvalue weighted by Crippen LogP contribution is 2.52. The van der Waals surface area contributed by atoms with E-state index in [0.29, 0.717) is 0 Å². The van der Waals surface area contributed by atoms with Gasteiger partial charge >= 0.3 is 0 Å². The number of hydrogen-bond acceptors (Lipinski definition) is 3. The molecular formula is C16H20N3P. The average Bonchev–Trinajstić information content (AvgIpc) is 2.93. The Labute approximate surface area is 121 Å². The quantitative estimate of drug-likeness (QED) is 0.875. The van der Waals surface area contributed by atoms with Crippen LogP contribution in [-0.2, 0) is 0 Å². The molecule has 0 aromatic heterocycles. The molecule has 0 radical (unpaired) electrons. The Morgan fingerprint density at radius 1 is 0.800 bits per heavy atom. The number of anilines is 2. The molecule has 1 aliphatic rings. The third-order valence-electron chi connectivity index (χ3n) is 3.52. The van der Waals surface area contributed by atoms with Crippen LogP contribution in [0.4, 0.5) is 11.4 Å². The molecule has 3 rings (SSSR count). The van der Waals surface area contributed by atoms with Crippen molar-refractivity contribution in [2.24, 2.45) is 5.73 Å². The maximum absolute atomic E-state index is 5.85. The Balaban J connectivity index is 1.87. The summed E-state index contributed by atoms with van der Waals surface area (Å²) in [7, 11) is -0.383. The Kier molecular flexibility index (Phi) is 4.19. The van der Waals surface area contributed by atoms with E-state index in [1.807, 2.05) is 0 Å². The van der Waals surface area contributed by atoms with Gasteiger partial charge in [0.05, 0.1) is 8.22 Å². The highest BCUT2D eigenvalue weighted by molar-refractivity contribution is 7.61. The number of hydrogen-bond donors (Lipinski definition) is 1. The highest BCUT2D eigenvalue weighted by atomic mass is 31.1. The molecule has 0 saturated carbocycles. The summed E-state index contributed by atoms with van der Waals surface area (Å²) >= 11 is 0.